The lowest BCUT2D eigenvalue weighted by Gasteiger charge is -2.23. The average molecular weight is 312 g/mol. The van der Waals surface area contributed by atoms with Crippen LogP contribution in [-0.2, 0) is 22.9 Å². The van der Waals surface area contributed by atoms with Gasteiger partial charge < -0.3 is 10.5 Å². The summed E-state index contributed by atoms with van der Waals surface area (Å²) in [7, 11) is -2.10. The monoisotopic (exact) mass is 312 g/mol. The van der Waals surface area contributed by atoms with E-state index in [0.717, 1.165) is 36.8 Å². The predicted octanol–water partition coefficient (Wildman–Crippen LogP) is 2.09. The SMILES string of the molecule is COc1cc2c(c(S(=O)(=O)NCC(C)C)c1N)CCCC2. The Bertz CT molecular complexity index is 624. The van der Waals surface area contributed by atoms with Gasteiger partial charge in [0.15, 0.2) is 0 Å². The molecule has 0 heterocycles. The second-order valence-electron chi connectivity index (χ2n) is 5.91. The smallest absolute Gasteiger partial charge is 0.243 e. The molecule has 1 aromatic rings. The van der Waals surface area contributed by atoms with Crippen LogP contribution in [0.3, 0.4) is 0 Å². The van der Waals surface area contributed by atoms with E-state index in [1.807, 2.05) is 19.9 Å². The first-order valence-corrected chi connectivity index (χ1v) is 8.83. The van der Waals surface area contributed by atoms with Crippen LogP contribution < -0.4 is 15.2 Å². The van der Waals surface area contributed by atoms with Gasteiger partial charge in [0.1, 0.15) is 10.6 Å². The van der Waals surface area contributed by atoms with Crippen LogP contribution in [0.15, 0.2) is 11.0 Å². The lowest BCUT2D eigenvalue weighted by atomic mass is 9.91. The summed E-state index contributed by atoms with van der Waals surface area (Å²) in [6.45, 7) is 4.33. The van der Waals surface area contributed by atoms with Crippen LogP contribution in [0.2, 0.25) is 0 Å². The topological polar surface area (TPSA) is 81.4 Å². The second kappa shape index (κ2) is 6.23. The Balaban J connectivity index is 2.55. The fraction of sp³-hybridized carbons (Fsp3) is 0.600. The van der Waals surface area contributed by atoms with Crippen LogP contribution in [0.1, 0.15) is 37.8 Å². The lowest BCUT2D eigenvalue weighted by molar-refractivity contribution is 0.414. The Morgan fingerprint density at radius 1 is 1.33 bits per heavy atom. The molecule has 1 aliphatic carbocycles. The van der Waals surface area contributed by atoms with E-state index in [1.54, 1.807) is 0 Å². The highest BCUT2D eigenvalue weighted by Crippen LogP contribution is 2.38. The molecule has 0 amide bonds. The summed E-state index contributed by atoms with van der Waals surface area (Å²) in [5, 5.41) is 0. The molecule has 0 saturated carbocycles. The third kappa shape index (κ3) is 3.32. The number of fused-ring (bicyclic) bond motifs is 1. The van der Waals surface area contributed by atoms with Crippen LogP contribution in [0.25, 0.3) is 0 Å². The number of methoxy groups -OCH3 is 1. The molecule has 0 fully saturated rings. The quantitative estimate of drug-likeness (QED) is 0.816. The van der Waals surface area contributed by atoms with Crippen molar-refractivity contribution < 1.29 is 13.2 Å². The van der Waals surface area contributed by atoms with E-state index in [9.17, 15) is 8.42 Å². The van der Waals surface area contributed by atoms with Gasteiger partial charge in [-0.1, -0.05) is 13.8 Å². The first kappa shape index (κ1) is 16.1. The first-order valence-electron chi connectivity index (χ1n) is 7.34. The van der Waals surface area contributed by atoms with E-state index in [1.165, 1.54) is 7.11 Å². The first-order chi connectivity index (χ1) is 9.86. The number of aryl methyl sites for hydroxylation is 1. The molecule has 0 saturated heterocycles. The maximum Gasteiger partial charge on any atom is 0.243 e. The van der Waals surface area contributed by atoms with Crippen molar-refractivity contribution in [1.82, 2.24) is 4.72 Å². The van der Waals surface area contributed by atoms with Crippen LogP contribution >= 0.6 is 0 Å². The van der Waals surface area contributed by atoms with Crippen molar-refractivity contribution in [3.63, 3.8) is 0 Å². The van der Waals surface area contributed by atoms with Crippen LogP contribution in [0, 0.1) is 5.92 Å². The van der Waals surface area contributed by atoms with Gasteiger partial charge in [0.25, 0.3) is 0 Å². The maximum absolute atomic E-state index is 12.7. The zero-order valence-corrected chi connectivity index (χ0v) is 13.7. The number of hydrogen-bond donors (Lipinski definition) is 2. The summed E-state index contributed by atoms with van der Waals surface area (Å²) in [5.74, 6) is 0.683. The largest absolute Gasteiger partial charge is 0.495 e. The molecule has 1 aliphatic rings. The highest BCUT2D eigenvalue weighted by Gasteiger charge is 2.28. The summed E-state index contributed by atoms with van der Waals surface area (Å²) in [6, 6.07) is 1.88. The Kier molecular flexibility index (Phi) is 4.78. The van der Waals surface area contributed by atoms with Crippen LogP contribution in [-0.4, -0.2) is 22.1 Å². The maximum atomic E-state index is 12.7. The number of rotatable bonds is 5. The van der Waals surface area contributed by atoms with Gasteiger partial charge in [-0.2, -0.15) is 0 Å². The summed E-state index contributed by atoms with van der Waals surface area (Å²) >= 11 is 0. The number of benzene rings is 1. The molecule has 0 bridgehead atoms. The average Bonchev–Trinajstić information content (AvgIpc) is 2.44. The summed E-state index contributed by atoms with van der Waals surface area (Å²) in [6.07, 6.45) is 3.69. The van der Waals surface area contributed by atoms with Crippen molar-refractivity contribution in [2.75, 3.05) is 19.4 Å². The minimum atomic E-state index is -3.62. The molecule has 3 N–H and O–H groups in total. The molecule has 2 rings (SSSR count). The van der Waals surface area contributed by atoms with Crippen molar-refractivity contribution in [1.29, 1.82) is 0 Å². The Labute approximate surface area is 126 Å². The number of nitrogens with two attached hydrogens (primary N) is 1. The summed E-state index contributed by atoms with van der Waals surface area (Å²) in [5.41, 5.74) is 8.18. The molecule has 0 radical (unpaired) electrons. The molecule has 0 spiro atoms. The molecule has 0 unspecified atom stereocenters. The fourth-order valence-electron chi connectivity index (χ4n) is 2.68. The predicted molar refractivity (Wildman–Crippen MR) is 84.1 cm³/mol. The number of nitrogen functional groups attached to an aromatic ring is 1. The van der Waals surface area contributed by atoms with Gasteiger partial charge in [-0.15, -0.1) is 0 Å². The molecule has 6 heteroatoms. The Morgan fingerprint density at radius 2 is 2.00 bits per heavy atom. The molecule has 21 heavy (non-hydrogen) atoms. The van der Waals surface area contributed by atoms with Crippen molar-refractivity contribution in [3.8, 4) is 5.75 Å². The number of hydrogen-bond acceptors (Lipinski definition) is 4. The molecule has 1 aromatic carbocycles. The molecule has 5 nitrogen and oxygen atoms in total. The minimum Gasteiger partial charge on any atom is -0.495 e. The summed E-state index contributed by atoms with van der Waals surface area (Å²) in [4.78, 5) is 0.220. The lowest BCUT2D eigenvalue weighted by Crippen LogP contribution is -2.30. The number of ether oxygens (including phenoxy) is 1. The van der Waals surface area contributed by atoms with E-state index in [-0.39, 0.29) is 16.5 Å². The van der Waals surface area contributed by atoms with Gasteiger partial charge in [0, 0.05) is 6.54 Å². The van der Waals surface area contributed by atoms with E-state index in [0.29, 0.717) is 12.3 Å². The van der Waals surface area contributed by atoms with Gasteiger partial charge in [0.2, 0.25) is 10.0 Å². The zero-order valence-electron chi connectivity index (χ0n) is 12.9. The highest BCUT2D eigenvalue weighted by atomic mass is 32.2. The van der Waals surface area contributed by atoms with Gasteiger partial charge in [0.05, 0.1) is 12.8 Å². The normalized spacial score (nSPS) is 15.0. The van der Waals surface area contributed by atoms with Gasteiger partial charge in [-0.3, -0.25) is 0 Å². The van der Waals surface area contributed by atoms with E-state index >= 15 is 0 Å². The van der Waals surface area contributed by atoms with E-state index < -0.39 is 10.0 Å². The van der Waals surface area contributed by atoms with Gasteiger partial charge in [-0.25, -0.2) is 13.1 Å². The van der Waals surface area contributed by atoms with Crippen LogP contribution in [0.4, 0.5) is 5.69 Å². The van der Waals surface area contributed by atoms with Gasteiger partial charge in [-0.05, 0) is 48.8 Å². The molecule has 0 atom stereocenters. The summed E-state index contributed by atoms with van der Waals surface area (Å²) < 4.78 is 33.2. The third-order valence-corrected chi connectivity index (χ3v) is 5.32. The molecular formula is C15H24N2O3S. The third-order valence-electron chi connectivity index (χ3n) is 3.77. The fourth-order valence-corrected chi connectivity index (χ4v) is 4.33. The standard InChI is InChI=1S/C15H24N2O3S/c1-10(2)9-17-21(18,19)15-12-7-5-4-6-11(12)8-13(20-3)14(15)16/h8,10,17H,4-7,9,16H2,1-3H3. The zero-order chi connectivity index (χ0) is 15.6. The van der Waals surface area contributed by atoms with Crippen LogP contribution in [0.5, 0.6) is 5.75 Å². The Morgan fingerprint density at radius 3 is 2.62 bits per heavy atom. The van der Waals surface area contributed by atoms with E-state index in [4.69, 9.17) is 10.5 Å². The van der Waals surface area contributed by atoms with Crippen molar-refractivity contribution in [2.45, 2.75) is 44.4 Å². The van der Waals surface area contributed by atoms with Crippen molar-refractivity contribution >= 4 is 15.7 Å². The second-order valence-corrected chi connectivity index (χ2v) is 7.62. The number of nitrogens with one attached hydrogen (secondary N) is 1. The van der Waals surface area contributed by atoms with Gasteiger partial charge >= 0.3 is 0 Å². The molecule has 118 valence electrons. The number of anilines is 1. The van der Waals surface area contributed by atoms with Crippen molar-refractivity contribution in [2.24, 2.45) is 5.92 Å². The van der Waals surface area contributed by atoms with E-state index in [2.05, 4.69) is 4.72 Å². The minimum absolute atomic E-state index is 0.217. The molecule has 0 aromatic heterocycles. The highest BCUT2D eigenvalue weighted by molar-refractivity contribution is 7.89. The number of sulfonamides is 1. The molecular weight excluding hydrogens is 288 g/mol. The Hall–Kier alpha value is -1.27. The molecule has 0 aliphatic heterocycles. The van der Waals surface area contributed by atoms with Crippen molar-refractivity contribution in [3.05, 3.63) is 17.2 Å².